The van der Waals surface area contributed by atoms with Gasteiger partial charge in [0.25, 0.3) is 12.3 Å². The van der Waals surface area contributed by atoms with Crippen molar-refractivity contribution < 1.29 is 23.2 Å². The van der Waals surface area contributed by atoms with Gasteiger partial charge in [-0.25, -0.2) is 8.78 Å². The first kappa shape index (κ1) is 14.4. The Bertz CT molecular complexity index is 690. The first-order valence-electron chi connectivity index (χ1n) is 6.73. The molecule has 0 bridgehead atoms. The zero-order valence-corrected chi connectivity index (χ0v) is 11.4. The molecule has 1 unspecified atom stereocenters. The number of benzene rings is 1. The lowest BCUT2D eigenvalue weighted by Gasteiger charge is -2.29. The number of hydrogen-bond donors (Lipinski definition) is 2. The third-order valence-corrected chi connectivity index (χ3v) is 3.95. The van der Waals surface area contributed by atoms with Crippen LogP contribution in [0, 0.1) is 0 Å². The topological polar surface area (TPSA) is 92.5 Å². The number of carbonyl (C=O) groups is 3. The molecule has 2 heterocycles. The maximum atomic E-state index is 13.1. The van der Waals surface area contributed by atoms with Gasteiger partial charge < -0.3 is 10.6 Å². The molecule has 1 fully saturated rings. The Kier molecular flexibility index (Phi) is 3.31. The van der Waals surface area contributed by atoms with Crippen molar-refractivity contribution in [3.63, 3.8) is 0 Å². The third kappa shape index (κ3) is 2.20. The molecule has 0 spiro atoms. The van der Waals surface area contributed by atoms with Gasteiger partial charge in [0.2, 0.25) is 11.8 Å². The van der Waals surface area contributed by atoms with Gasteiger partial charge in [0, 0.05) is 29.8 Å². The molecule has 22 heavy (non-hydrogen) atoms. The molecule has 2 aliphatic rings. The molecule has 1 aromatic rings. The van der Waals surface area contributed by atoms with Gasteiger partial charge in [0.1, 0.15) is 6.04 Å². The Morgan fingerprint density at radius 3 is 2.64 bits per heavy atom. The summed E-state index contributed by atoms with van der Waals surface area (Å²) in [4.78, 5) is 36.7. The molecule has 116 valence electrons. The lowest BCUT2D eigenvalue weighted by molar-refractivity contribution is -0.136. The van der Waals surface area contributed by atoms with Crippen molar-refractivity contribution in [3.05, 3.63) is 28.8 Å². The number of imide groups is 1. The highest BCUT2D eigenvalue weighted by Crippen LogP contribution is 2.35. The Labute approximate surface area is 124 Å². The number of nitrogens with one attached hydrogen (secondary N) is 1. The van der Waals surface area contributed by atoms with Crippen LogP contribution < -0.4 is 11.1 Å². The number of amides is 3. The van der Waals surface area contributed by atoms with Gasteiger partial charge in [-0.1, -0.05) is 0 Å². The monoisotopic (exact) mass is 309 g/mol. The van der Waals surface area contributed by atoms with Gasteiger partial charge in [0.05, 0.1) is 0 Å². The maximum Gasteiger partial charge on any atom is 0.264 e. The summed E-state index contributed by atoms with van der Waals surface area (Å²) in [5.41, 5.74) is 5.65. The van der Waals surface area contributed by atoms with Crippen LogP contribution >= 0.6 is 0 Å². The summed E-state index contributed by atoms with van der Waals surface area (Å²) in [5, 5.41) is 2.16. The summed E-state index contributed by atoms with van der Waals surface area (Å²) < 4.78 is 26.2. The van der Waals surface area contributed by atoms with Crippen LogP contribution in [0.4, 0.5) is 14.5 Å². The highest BCUT2D eigenvalue weighted by Gasteiger charge is 2.40. The molecular weight excluding hydrogens is 296 g/mol. The summed E-state index contributed by atoms with van der Waals surface area (Å²) in [6, 6.07) is 1.66. The minimum Gasteiger partial charge on any atom is -0.399 e. The number of nitrogens with two attached hydrogens (primary N) is 1. The van der Waals surface area contributed by atoms with E-state index in [1.807, 2.05) is 0 Å². The Balaban J connectivity index is 1.96. The lowest BCUT2D eigenvalue weighted by Crippen LogP contribution is -2.52. The minimum atomic E-state index is -2.76. The third-order valence-electron chi connectivity index (χ3n) is 3.95. The zero-order chi connectivity index (χ0) is 16.0. The van der Waals surface area contributed by atoms with Crippen molar-refractivity contribution in [2.75, 3.05) is 5.73 Å². The quantitative estimate of drug-likeness (QED) is 0.629. The highest BCUT2D eigenvalue weighted by molar-refractivity contribution is 6.05. The fourth-order valence-corrected chi connectivity index (χ4v) is 2.91. The van der Waals surface area contributed by atoms with Crippen LogP contribution in [-0.4, -0.2) is 28.7 Å². The zero-order valence-electron chi connectivity index (χ0n) is 11.4. The Morgan fingerprint density at radius 1 is 1.27 bits per heavy atom. The van der Waals surface area contributed by atoms with Crippen LogP contribution in [0.25, 0.3) is 0 Å². The van der Waals surface area contributed by atoms with E-state index in [4.69, 9.17) is 5.73 Å². The summed E-state index contributed by atoms with van der Waals surface area (Å²) >= 11 is 0. The fraction of sp³-hybridized carbons (Fsp3) is 0.357. The van der Waals surface area contributed by atoms with E-state index < -0.39 is 30.2 Å². The van der Waals surface area contributed by atoms with E-state index in [0.29, 0.717) is 0 Å². The van der Waals surface area contributed by atoms with E-state index in [9.17, 15) is 23.2 Å². The molecule has 6 nitrogen and oxygen atoms in total. The molecule has 3 rings (SSSR count). The summed E-state index contributed by atoms with van der Waals surface area (Å²) in [7, 11) is 0. The summed E-state index contributed by atoms with van der Waals surface area (Å²) in [6.07, 6.45) is -2.46. The molecule has 8 heteroatoms. The number of carbonyl (C=O) groups excluding carboxylic acids is 3. The molecule has 1 atom stereocenters. The van der Waals surface area contributed by atoms with Gasteiger partial charge in [0.15, 0.2) is 0 Å². The van der Waals surface area contributed by atoms with E-state index in [-0.39, 0.29) is 41.8 Å². The molecule has 1 saturated heterocycles. The van der Waals surface area contributed by atoms with Gasteiger partial charge in [-0.15, -0.1) is 0 Å². The van der Waals surface area contributed by atoms with Crippen molar-refractivity contribution in [3.8, 4) is 0 Å². The Hall–Kier alpha value is -2.51. The highest BCUT2D eigenvalue weighted by atomic mass is 19.3. The van der Waals surface area contributed by atoms with E-state index in [1.165, 1.54) is 11.0 Å². The second kappa shape index (κ2) is 5.04. The second-order valence-electron chi connectivity index (χ2n) is 5.34. The lowest BCUT2D eigenvalue weighted by atomic mass is 10.0. The van der Waals surface area contributed by atoms with Crippen LogP contribution in [0.15, 0.2) is 12.1 Å². The molecule has 2 aliphatic heterocycles. The van der Waals surface area contributed by atoms with Crippen molar-refractivity contribution in [2.24, 2.45) is 0 Å². The minimum absolute atomic E-state index is 0.0764. The molecule has 3 amide bonds. The molecule has 0 aromatic heterocycles. The summed E-state index contributed by atoms with van der Waals surface area (Å²) in [5.74, 6) is -1.49. The molecule has 0 radical (unpaired) electrons. The number of anilines is 1. The summed E-state index contributed by atoms with van der Waals surface area (Å²) in [6.45, 7) is -0.0829. The number of alkyl halides is 2. The number of nitrogen functional groups attached to an aromatic ring is 1. The van der Waals surface area contributed by atoms with Crippen molar-refractivity contribution in [1.82, 2.24) is 10.2 Å². The van der Waals surface area contributed by atoms with Gasteiger partial charge in [-0.3, -0.25) is 19.7 Å². The average molecular weight is 309 g/mol. The van der Waals surface area contributed by atoms with Crippen LogP contribution in [-0.2, 0) is 16.1 Å². The molecule has 1 aromatic carbocycles. The normalized spacial score (nSPS) is 21.3. The van der Waals surface area contributed by atoms with Crippen molar-refractivity contribution in [2.45, 2.75) is 31.9 Å². The predicted molar refractivity (Wildman–Crippen MR) is 71.9 cm³/mol. The van der Waals surface area contributed by atoms with Gasteiger partial charge in [-0.05, 0) is 24.1 Å². The first-order chi connectivity index (χ1) is 10.4. The van der Waals surface area contributed by atoms with Crippen LogP contribution in [0.3, 0.4) is 0 Å². The molecule has 0 saturated carbocycles. The molecule has 0 aliphatic carbocycles. The largest absolute Gasteiger partial charge is 0.399 e. The van der Waals surface area contributed by atoms with Crippen LogP contribution in [0.2, 0.25) is 0 Å². The van der Waals surface area contributed by atoms with Gasteiger partial charge >= 0.3 is 0 Å². The molecular formula is C14H13F2N3O3. The average Bonchev–Trinajstić information content (AvgIpc) is 2.75. The van der Waals surface area contributed by atoms with Crippen LogP contribution in [0.1, 0.15) is 40.8 Å². The standard InChI is InChI=1S/C14H13F2N3O3/c15-12(16)7-3-6(17)4-8-9(7)5-19(14(8)22)10-1-2-11(20)18-13(10)21/h3-4,10,12H,1-2,5,17H2,(H,18,20,21). The fourth-order valence-electron chi connectivity index (χ4n) is 2.91. The molecule has 3 N–H and O–H groups in total. The SMILES string of the molecule is Nc1cc2c(c(C(F)F)c1)CN(C1CCC(=O)NC1=O)C2=O. The van der Waals surface area contributed by atoms with E-state index in [0.717, 1.165) is 6.07 Å². The first-order valence-corrected chi connectivity index (χ1v) is 6.73. The maximum absolute atomic E-state index is 13.1. The smallest absolute Gasteiger partial charge is 0.264 e. The van der Waals surface area contributed by atoms with Crippen LogP contribution in [0.5, 0.6) is 0 Å². The number of rotatable bonds is 2. The van der Waals surface area contributed by atoms with E-state index >= 15 is 0 Å². The predicted octanol–water partition coefficient (Wildman–Crippen LogP) is 0.967. The number of halogens is 2. The number of hydrogen-bond acceptors (Lipinski definition) is 4. The van der Waals surface area contributed by atoms with E-state index in [1.54, 1.807) is 0 Å². The van der Waals surface area contributed by atoms with E-state index in [2.05, 4.69) is 5.32 Å². The van der Waals surface area contributed by atoms with Crippen molar-refractivity contribution >= 4 is 23.4 Å². The van der Waals surface area contributed by atoms with Gasteiger partial charge in [-0.2, -0.15) is 0 Å². The van der Waals surface area contributed by atoms with Crippen molar-refractivity contribution in [1.29, 1.82) is 0 Å². The second-order valence-corrected chi connectivity index (χ2v) is 5.34. The number of piperidine rings is 1. The number of fused-ring (bicyclic) bond motifs is 1. The number of nitrogens with zero attached hydrogens (tertiary/aromatic N) is 1. The Morgan fingerprint density at radius 2 is 2.00 bits per heavy atom.